The molecule has 30 heavy (non-hydrogen) atoms. The van der Waals surface area contributed by atoms with Gasteiger partial charge in [0.1, 0.15) is 17.2 Å². The summed E-state index contributed by atoms with van der Waals surface area (Å²) < 4.78 is 19.1. The highest BCUT2D eigenvalue weighted by atomic mass is 19.1. The van der Waals surface area contributed by atoms with Gasteiger partial charge in [-0.15, -0.1) is 0 Å². The molecule has 1 N–H and O–H groups in total. The minimum absolute atomic E-state index is 0.146. The fourth-order valence-corrected chi connectivity index (χ4v) is 5.51. The predicted octanol–water partition coefficient (Wildman–Crippen LogP) is 5.24. The lowest BCUT2D eigenvalue weighted by molar-refractivity contribution is -0.251. The smallest absolute Gasteiger partial charge is 0.170 e. The highest BCUT2D eigenvalue weighted by Gasteiger charge is 2.49. The van der Waals surface area contributed by atoms with Gasteiger partial charge in [-0.05, 0) is 42.5 Å². The number of benzene rings is 2. The monoisotopic (exact) mass is 409 g/mol. The molecule has 2 aromatic carbocycles. The lowest BCUT2D eigenvalue weighted by Gasteiger charge is -2.54. The van der Waals surface area contributed by atoms with Crippen molar-refractivity contribution in [2.75, 3.05) is 19.6 Å². The Labute approximate surface area is 176 Å². The zero-order chi connectivity index (χ0) is 20.7. The maximum Gasteiger partial charge on any atom is 0.170 e. The number of piperidine rings is 1. The number of halogens is 1. The van der Waals surface area contributed by atoms with Crippen LogP contribution in [0.15, 0.2) is 47.0 Å². The third kappa shape index (κ3) is 2.97. The number of rotatable bonds is 4. The van der Waals surface area contributed by atoms with Gasteiger partial charge < -0.3 is 9.73 Å². The van der Waals surface area contributed by atoms with E-state index in [1.54, 1.807) is 11.1 Å². The van der Waals surface area contributed by atoms with Gasteiger partial charge in [0.2, 0.25) is 0 Å². The Hall–Kier alpha value is -2.28. The summed E-state index contributed by atoms with van der Waals surface area (Å²) in [6.45, 7) is 4.57. The summed E-state index contributed by atoms with van der Waals surface area (Å²) in [4.78, 5) is 2.46. The van der Waals surface area contributed by atoms with Crippen LogP contribution in [0.4, 0.5) is 4.39 Å². The third-order valence-corrected chi connectivity index (χ3v) is 6.82. The first kappa shape index (κ1) is 19.7. The van der Waals surface area contributed by atoms with E-state index in [9.17, 15) is 9.60 Å². The topological polar surface area (TPSA) is 52.7 Å². The van der Waals surface area contributed by atoms with Crippen LogP contribution in [0.5, 0.6) is 0 Å². The number of aromatic nitrogens is 1. The van der Waals surface area contributed by atoms with Gasteiger partial charge in [-0.3, -0.25) is 4.90 Å². The Morgan fingerprint density at radius 1 is 1.17 bits per heavy atom. The molecule has 1 aromatic heterocycles. The van der Waals surface area contributed by atoms with E-state index in [0.717, 1.165) is 55.4 Å². The molecule has 2 aliphatic rings. The first-order valence-electron chi connectivity index (χ1n) is 11.0. The van der Waals surface area contributed by atoms with E-state index >= 15 is 0 Å². The zero-order valence-corrected chi connectivity index (χ0v) is 17.4. The summed E-state index contributed by atoms with van der Waals surface area (Å²) in [6, 6.07) is 12.9. The Morgan fingerprint density at radius 2 is 1.97 bits per heavy atom. The van der Waals surface area contributed by atoms with Crippen molar-refractivity contribution in [3.05, 3.63) is 65.1 Å². The maximum absolute atomic E-state index is 13.6. The molecule has 5 rings (SSSR count). The van der Waals surface area contributed by atoms with Gasteiger partial charge in [0.15, 0.2) is 5.58 Å². The Morgan fingerprint density at radius 3 is 2.77 bits per heavy atom. The molecule has 6 heteroatoms. The number of hydrogen-bond donors (Lipinski definition) is 1. The molecule has 0 saturated carbocycles. The van der Waals surface area contributed by atoms with Crippen molar-refractivity contribution < 1.29 is 14.1 Å². The van der Waals surface area contributed by atoms with Crippen LogP contribution in [0.3, 0.4) is 0 Å². The highest BCUT2D eigenvalue weighted by molar-refractivity contribution is 5.80. The molecule has 1 fully saturated rings. The molecule has 2 atom stereocenters. The van der Waals surface area contributed by atoms with E-state index in [1.165, 1.54) is 24.1 Å². The van der Waals surface area contributed by atoms with E-state index in [0.29, 0.717) is 12.1 Å². The van der Waals surface area contributed by atoms with Crippen LogP contribution in [-0.4, -0.2) is 40.0 Å². The minimum Gasteiger partial charge on any atom is -0.356 e. The van der Waals surface area contributed by atoms with Gasteiger partial charge in [-0.2, -0.15) is 5.06 Å². The van der Waals surface area contributed by atoms with Crippen molar-refractivity contribution in [3.8, 4) is 0 Å². The number of fused-ring (bicyclic) bond motifs is 2. The SMILES string of the molecule is CCCC1(N2CCCCC2)c2ccccc2C(c2noc3cc(F)ccc23)CN1O. The van der Waals surface area contributed by atoms with Crippen LogP contribution in [0, 0.1) is 5.82 Å². The average Bonchev–Trinajstić information content (AvgIpc) is 3.19. The third-order valence-electron chi connectivity index (χ3n) is 6.82. The molecule has 3 heterocycles. The summed E-state index contributed by atoms with van der Waals surface area (Å²) in [5.74, 6) is -0.488. The van der Waals surface area contributed by atoms with E-state index in [4.69, 9.17) is 4.52 Å². The van der Waals surface area contributed by atoms with Crippen molar-refractivity contribution in [3.63, 3.8) is 0 Å². The van der Waals surface area contributed by atoms with Crippen molar-refractivity contribution in [2.45, 2.75) is 50.6 Å². The fourth-order valence-electron chi connectivity index (χ4n) is 5.51. The number of hydroxylamine groups is 2. The van der Waals surface area contributed by atoms with Crippen LogP contribution >= 0.6 is 0 Å². The summed E-state index contributed by atoms with van der Waals surface area (Å²) in [5, 5.41) is 18.2. The van der Waals surface area contributed by atoms with Crippen LogP contribution in [0.1, 0.15) is 61.8 Å². The fraction of sp³-hybridized carbons (Fsp3) is 0.458. The normalized spacial score (nSPS) is 25.5. The molecular formula is C24H28FN3O2. The largest absolute Gasteiger partial charge is 0.356 e. The van der Waals surface area contributed by atoms with Crippen molar-refractivity contribution in [1.82, 2.24) is 15.1 Å². The molecule has 5 nitrogen and oxygen atoms in total. The molecule has 3 aromatic rings. The van der Waals surface area contributed by atoms with Gasteiger partial charge in [0.05, 0.1) is 0 Å². The second-order valence-corrected chi connectivity index (χ2v) is 8.54. The summed E-state index contributed by atoms with van der Waals surface area (Å²) >= 11 is 0. The number of likely N-dealkylation sites (tertiary alicyclic amines) is 1. The van der Waals surface area contributed by atoms with Crippen LogP contribution in [-0.2, 0) is 5.66 Å². The molecule has 0 amide bonds. The van der Waals surface area contributed by atoms with Gasteiger partial charge in [0, 0.05) is 37.0 Å². The average molecular weight is 410 g/mol. The summed E-state index contributed by atoms with van der Waals surface area (Å²) in [6.07, 6.45) is 5.39. The highest BCUT2D eigenvalue weighted by Crippen LogP contribution is 2.48. The molecule has 0 aliphatic carbocycles. The van der Waals surface area contributed by atoms with Gasteiger partial charge in [-0.1, -0.05) is 49.2 Å². The molecule has 158 valence electrons. The zero-order valence-electron chi connectivity index (χ0n) is 17.4. The molecule has 0 spiro atoms. The lowest BCUT2D eigenvalue weighted by Crippen LogP contribution is -2.61. The van der Waals surface area contributed by atoms with Crippen molar-refractivity contribution >= 4 is 11.0 Å². The second kappa shape index (κ2) is 7.76. The minimum atomic E-state index is -0.520. The summed E-state index contributed by atoms with van der Waals surface area (Å²) in [5.41, 5.74) is 2.98. The Bertz CT molecular complexity index is 1050. The molecule has 0 bridgehead atoms. The molecular weight excluding hydrogens is 381 g/mol. The van der Waals surface area contributed by atoms with Crippen molar-refractivity contribution in [1.29, 1.82) is 0 Å². The molecule has 0 radical (unpaired) electrons. The van der Waals surface area contributed by atoms with E-state index in [-0.39, 0.29) is 11.7 Å². The molecule has 1 saturated heterocycles. The number of hydrogen-bond acceptors (Lipinski definition) is 5. The molecule has 2 aliphatic heterocycles. The summed E-state index contributed by atoms with van der Waals surface area (Å²) in [7, 11) is 0. The van der Waals surface area contributed by atoms with Crippen LogP contribution in [0.2, 0.25) is 0 Å². The lowest BCUT2D eigenvalue weighted by atomic mass is 9.77. The quantitative estimate of drug-likeness (QED) is 0.638. The van der Waals surface area contributed by atoms with E-state index in [1.807, 2.05) is 6.07 Å². The number of nitrogens with zero attached hydrogens (tertiary/aromatic N) is 3. The van der Waals surface area contributed by atoms with E-state index < -0.39 is 5.66 Å². The maximum atomic E-state index is 13.6. The Kier molecular flexibility index (Phi) is 5.09. The van der Waals surface area contributed by atoms with Gasteiger partial charge in [-0.25, -0.2) is 4.39 Å². The standard InChI is InChI=1S/C24H28FN3O2/c1-2-12-24(27-13-6-3-7-14-27)21-9-5-4-8-18(21)20(16-28(24)29)23-19-11-10-17(25)15-22(19)30-26-23/h4-5,8-11,15,20,29H,2-3,6-7,12-14,16H2,1H3. The molecule has 2 unspecified atom stereocenters. The van der Waals surface area contributed by atoms with Gasteiger partial charge >= 0.3 is 0 Å². The van der Waals surface area contributed by atoms with Crippen molar-refractivity contribution in [2.24, 2.45) is 0 Å². The first-order chi connectivity index (χ1) is 14.6. The first-order valence-corrected chi connectivity index (χ1v) is 11.0. The second-order valence-electron chi connectivity index (χ2n) is 8.54. The van der Waals surface area contributed by atoms with E-state index in [2.05, 4.69) is 35.2 Å². The van der Waals surface area contributed by atoms with Gasteiger partial charge in [0.25, 0.3) is 0 Å². The Balaban J connectivity index is 1.66. The van der Waals surface area contributed by atoms with Crippen LogP contribution < -0.4 is 0 Å². The van der Waals surface area contributed by atoms with Crippen LogP contribution in [0.25, 0.3) is 11.0 Å². The predicted molar refractivity (Wildman–Crippen MR) is 113 cm³/mol.